The van der Waals surface area contributed by atoms with E-state index in [1.807, 2.05) is 0 Å². The van der Waals surface area contributed by atoms with Crippen molar-refractivity contribution in [2.45, 2.75) is 6.92 Å². The molecule has 0 rings (SSSR count). The van der Waals surface area contributed by atoms with Crippen LogP contribution in [0.5, 0.6) is 0 Å². The first-order valence-corrected chi connectivity index (χ1v) is 3.70. The van der Waals surface area contributed by atoms with E-state index in [1.54, 1.807) is 6.92 Å². The molecule has 0 bridgehead atoms. The lowest BCUT2D eigenvalue weighted by molar-refractivity contribution is -0.137. The van der Waals surface area contributed by atoms with Gasteiger partial charge in [-0.25, -0.2) is 9.79 Å². The largest absolute Gasteiger partial charge is 0.462 e. The molecule has 0 aliphatic heterocycles. The molecule has 0 saturated heterocycles. The molecule has 0 aromatic heterocycles. The van der Waals surface area contributed by atoms with Crippen molar-refractivity contribution in [2.24, 2.45) is 16.5 Å². The Morgan fingerprint density at radius 1 is 1.69 bits per heavy atom. The van der Waals surface area contributed by atoms with Gasteiger partial charge in [-0.05, 0) is 6.92 Å². The van der Waals surface area contributed by atoms with E-state index in [0.717, 1.165) is 6.20 Å². The normalized spacial score (nSPS) is 12.4. The first-order valence-electron chi connectivity index (χ1n) is 3.70. The van der Waals surface area contributed by atoms with Gasteiger partial charge in [0.2, 0.25) is 0 Å². The molecule has 0 saturated carbocycles. The summed E-state index contributed by atoms with van der Waals surface area (Å²) in [4.78, 5) is 14.7. The van der Waals surface area contributed by atoms with Gasteiger partial charge in [0.05, 0.1) is 6.61 Å². The highest BCUT2D eigenvalue weighted by molar-refractivity contribution is 6.18. The van der Waals surface area contributed by atoms with E-state index < -0.39 is 5.97 Å². The molecule has 0 unspecified atom stereocenters. The van der Waals surface area contributed by atoms with Gasteiger partial charge in [-0.15, -0.1) is 0 Å². The summed E-state index contributed by atoms with van der Waals surface area (Å²) in [5.74, 6) is -0.593. The van der Waals surface area contributed by atoms with Crippen LogP contribution in [0.1, 0.15) is 6.92 Å². The Morgan fingerprint density at radius 3 is 2.69 bits per heavy atom. The minimum Gasteiger partial charge on any atom is -0.462 e. The minimum atomic E-state index is -0.590. The number of hydrogen-bond donors (Lipinski definition) is 2. The first kappa shape index (κ1) is 11.2. The first-order chi connectivity index (χ1) is 6.17. The molecule has 0 fully saturated rings. The number of carbonyl (C=O) groups excluding carboxylic acids is 1. The Kier molecular flexibility index (Phi) is 5.02. The second kappa shape index (κ2) is 5.82. The maximum Gasteiger partial charge on any atom is 0.343 e. The number of amidine groups is 1. The number of hydrogen-bond acceptors (Lipinski definition) is 4. The molecule has 4 N–H and O–H groups in total. The molecule has 5 nitrogen and oxygen atoms in total. The maximum absolute atomic E-state index is 11.1. The summed E-state index contributed by atoms with van der Waals surface area (Å²) in [5, 5.41) is 0. The lowest BCUT2D eigenvalue weighted by Gasteiger charge is -2.03. The van der Waals surface area contributed by atoms with Crippen LogP contribution in [0.3, 0.4) is 0 Å². The quantitative estimate of drug-likeness (QED) is 0.275. The molecule has 0 radical (unpaired) electrons. The third kappa shape index (κ3) is 3.42. The summed E-state index contributed by atoms with van der Waals surface area (Å²) in [5.41, 5.74) is 10.6. The highest BCUT2D eigenvalue weighted by Gasteiger charge is 2.13. The Morgan fingerprint density at radius 2 is 2.31 bits per heavy atom. The fourth-order valence-corrected chi connectivity index (χ4v) is 0.635. The average molecular weight is 183 g/mol. The molecule has 0 amide bonds. The standard InChI is InChI=1S/C8H13N3O2/c1-3-11-7(10)6(5-9)8(12)13-4-2/h3,5H,1,4,9H2,2H3,(H2,10,11)/b6-5+. The predicted molar refractivity (Wildman–Crippen MR) is 50.7 cm³/mol. The summed E-state index contributed by atoms with van der Waals surface area (Å²) in [6.45, 7) is 5.28. The summed E-state index contributed by atoms with van der Waals surface area (Å²) in [6, 6.07) is 0. The van der Waals surface area contributed by atoms with Crippen LogP contribution in [0, 0.1) is 0 Å². The van der Waals surface area contributed by atoms with Crippen molar-refractivity contribution in [1.82, 2.24) is 0 Å². The van der Waals surface area contributed by atoms with Crippen molar-refractivity contribution >= 4 is 11.8 Å². The molecule has 0 aromatic carbocycles. The van der Waals surface area contributed by atoms with Gasteiger partial charge >= 0.3 is 5.97 Å². The highest BCUT2D eigenvalue weighted by Crippen LogP contribution is 1.97. The van der Waals surface area contributed by atoms with Crippen LogP contribution >= 0.6 is 0 Å². The van der Waals surface area contributed by atoms with Gasteiger partial charge < -0.3 is 16.2 Å². The van der Waals surface area contributed by atoms with Gasteiger partial charge in [0.15, 0.2) is 0 Å². The zero-order valence-electron chi connectivity index (χ0n) is 7.49. The zero-order chi connectivity index (χ0) is 10.3. The van der Waals surface area contributed by atoms with Gasteiger partial charge in [0.1, 0.15) is 11.4 Å². The fourth-order valence-electron chi connectivity index (χ4n) is 0.635. The van der Waals surface area contributed by atoms with Crippen molar-refractivity contribution in [3.63, 3.8) is 0 Å². The molecule has 0 aliphatic rings. The van der Waals surface area contributed by atoms with E-state index in [4.69, 9.17) is 11.5 Å². The Balaban J connectivity index is 4.62. The molecule has 0 atom stereocenters. The number of carbonyl (C=O) groups is 1. The molecule has 0 spiro atoms. The predicted octanol–water partition coefficient (Wildman–Crippen LogP) is -0.107. The van der Waals surface area contributed by atoms with Crippen LogP contribution in [0.25, 0.3) is 0 Å². The van der Waals surface area contributed by atoms with Crippen molar-refractivity contribution in [2.75, 3.05) is 6.61 Å². The van der Waals surface area contributed by atoms with Crippen LogP contribution in [0.15, 0.2) is 29.5 Å². The van der Waals surface area contributed by atoms with Crippen molar-refractivity contribution in [3.8, 4) is 0 Å². The molecule has 0 aromatic rings. The molecule has 13 heavy (non-hydrogen) atoms. The van der Waals surface area contributed by atoms with E-state index >= 15 is 0 Å². The smallest absolute Gasteiger partial charge is 0.343 e. The van der Waals surface area contributed by atoms with Gasteiger partial charge in [-0.3, -0.25) is 0 Å². The summed E-state index contributed by atoms with van der Waals surface area (Å²) in [6.07, 6.45) is 2.28. The van der Waals surface area contributed by atoms with Crippen LogP contribution in [0.4, 0.5) is 0 Å². The summed E-state index contributed by atoms with van der Waals surface area (Å²) >= 11 is 0. The molecule has 0 heterocycles. The third-order valence-corrected chi connectivity index (χ3v) is 1.17. The van der Waals surface area contributed by atoms with Crippen molar-refractivity contribution in [3.05, 3.63) is 24.6 Å². The lowest BCUT2D eigenvalue weighted by atomic mass is 10.2. The summed E-state index contributed by atoms with van der Waals surface area (Å²) in [7, 11) is 0. The number of nitrogens with two attached hydrogens (primary N) is 2. The van der Waals surface area contributed by atoms with Crippen molar-refractivity contribution < 1.29 is 9.53 Å². The topological polar surface area (TPSA) is 90.7 Å². The van der Waals surface area contributed by atoms with Crippen molar-refractivity contribution in [1.29, 1.82) is 0 Å². The van der Waals surface area contributed by atoms with E-state index in [9.17, 15) is 4.79 Å². The summed E-state index contributed by atoms with van der Waals surface area (Å²) < 4.78 is 4.68. The Bertz CT molecular complexity index is 256. The Labute approximate surface area is 76.8 Å². The van der Waals surface area contributed by atoms with Crippen LogP contribution in [0.2, 0.25) is 0 Å². The second-order valence-electron chi connectivity index (χ2n) is 2.00. The lowest BCUT2D eigenvalue weighted by Crippen LogP contribution is -2.23. The number of nitrogens with zero attached hydrogens (tertiary/aromatic N) is 1. The molecular weight excluding hydrogens is 170 g/mol. The van der Waals surface area contributed by atoms with E-state index in [2.05, 4.69) is 16.3 Å². The van der Waals surface area contributed by atoms with E-state index in [0.29, 0.717) is 0 Å². The number of esters is 1. The number of ether oxygens (including phenoxy) is 1. The highest BCUT2D eigenvalue weighted by atomic mass is 16.5. The molecule has 5 heteroatoms. The number of rotatable bonds is 4. The van der Waals surface area contributed by atoms with Gasteiger partial charge in [0, 0.05) is 12.4 Å². The molecular formula is C8H13N3O2. The van der Waals surface area contributed by atoms with Crippen LogP contribution in [-0.2, 0) is 9.53 Å². The SMILES string of the molecule is C=CN=C(N)/C(=C\N)C(=O)OCC. The van der Waals surface area contributed by atoms with Crippen LogP contribution in [-0.4, -0.2) is 18.4 Å². The maximum atomic E-state index is 11.1. The van der Waals surface area contributed by atoms with Crippen LogP contribution < -0.4 is 11.5 Å². The molecule has 72 valence electrons. The number of aliphatic imine (C=N–C) groups is 1. The van der Waals surface area contributed by atoms with Gasteiger partial charge in [-0.1, -0.05) is 6.58 Å². The van der Waals surface area contributed by atoms with Gasteiger partial charge in [0.25, 0.3) is 0 Å². The van der Waals surface area contributed by atoms with E-state index in [1.165, 1.54) is 6.20 Å². The van der Waals surface area contributed by atoms with E-state index in [-0.39, 0.29) is 18.0 Å². The Hall–Kier alpha value is -1.78. The third-order valence-electron chi connectivity index (χ3n) is 1.17. The fraction of sp³-hybridized carbons (Fsp3) is 0.250. The average Bonchev–Trinajstić information content (AvgIpc) is 2.06. The monoisotopic (exact) mass is 183 g/mol. The second-order valence-corrected chi connectivity index (χ2v) is 2.00. The zero-order valence-corrected chi connectivity index (χ0v) is 7.49. The van der Waals surface area contributed by atoms with Gasteiger partial charge in [-0.2, -0.15) is 0 Å². The minimum absolute atomic E-state index is 0.00375. The molecule has 0 aliphatic carbocycles.